The molecule has 0 fully saturated rings. The predicted octanol–water partition coefficient (Wildman–Crippen LogP) is 4.89. The minimum absolute atomic E-state index is 0.597. The maximum atomic E-state index is 12.5. The van der Waals surface area contributed by atoms with Gasteiger partial charge in [0.05, 0.1) is 16.8 Å². The van der Waals surface area contributed by atoms with E-state index < -0.39 is 23.9 Å². The number of aryl methyl sites for hydroxylation is 3. The molecule has 162 valence electrons. The van der Waals surface area contributed by atoms with Crippen LogP contribution in [0.25, 0.3) is 11.0 Å². The Hall–Kier alpha value is -3.24. The number of aromatic amines is 1. The number of aliphatic carboxylic acids is 1. The summed E-state index contributed by atoms with van der Waals surface area (Å²) in [6.45, 7) is 1.97. The van der Waals surface area contributed by atoms with E-state index in [0.29, 0.717) is 18.5 Å². The Balaban J connectivity index is 0.000000396. The van der Waals surface area contributed by atoms with Crippen LogP contribution in [-0.4, -0.2) is 27.2 Å². The van der Waals surface area contributed by atoms with Crippen LogP contribution in [0.5, 0.6) is 0 Å². The number of halogens is 6. The van der Waals surface area contributed by atoms with Crippen molar-refractivity contribution in [2.45, 2.75) is 32.1 Å². The monoisotopic (exact) mass is 433 g/mol. The highest BCUT2D eigenvalue weighted by atomic mass is 19.4. The summed E-state index contributed by atoms with van der Waals surface area (Å²) in [6, 6.07) is 7.22. The van der Waals surface area contributed by atoms with E-state index in [9.17, 15) is 26.3 Å². The maximum absolute atomic E-state index is 12.5. The molecular weight excluding hydrogens is 416 g/mol. The molecule has 30 heavy (non-hydrogen) atoms. The summed E-state index contributed by atoms with van der Waals surface area (Å²) in [5, 5.41) is 7.12. The van der Waals surface area contributed by atoms with Crippen LogP contribution in [0.1, 0.15) is 22.4 Å². The number of nitrogens with zero attached hydrogens (tertiary/aromatic N) is 1. The summed E-state index contributed by atoms with van der Waals surface area (Å²) in [7, 11) is 0. The van der Waals surface area contributed by atoms with Crippen molar-refractivity contribution in [1.29, 1.82) is 0 Å². The average molecular weight is 433 g/mol. The van der Waals surface area contributed by atoms with Gasteiger partial charge in [-0.3, -0.25) is 0 Å². The SMILES string of the molecule is Cc1cc(CCc2ccc(C(F)(F)F)cc2)nc2c(N)c[nH]c12.O=C(O)C(F)(F)F. The van der Waals surface area contributed by atoms with Gasteiger partial charge in [0.25, 0.3) is 0 Å². The van der Waals surface area contributed by atoms with Gasteiger partial charge in [-0.1, -0.05) is 12.1 Å². The van der Waals surface area contributed by atoms with E-state index in [-0.39, 0.29) is 0 Å². The van der Waals surface area contributed by atoms with Crippen molar-refractivity contribution in [2.75, 3.05) is 5.73 Å². The van der Waals surface area contributed by atoms with Gasteiger partial charge < -0.3 is 15.8 Å². The number of hydrogen-bond donors (Lipinski definition) is 3. The zero-order valence-electron chi connectivity index (χ0n) is 15.5. The average Bonchev–Trinajstić information content (AvgIpc) is 3.01. The summed E-state index contributed by atoms with van der Waals surface area (Å²) >= 11 is 0. The van der Waals surface area contributed by atoms with E-state index >= 15 is 0 Å². The number of alkyl halides is 6. The van der Waals surface area contributed by atoms with E-state index in [1.807, 2.05) is 13.0 Å². The molecule has 0 saturated carbocycles. The Bertz CT molecular complexity index is 1020. The van der Waals surface area contributed by atoms with Crippen molar-refractivity contribution in [2.24, 2.45) is 0 Å². The fourth-order valence-corrected chi connectivity index (χ4v) is 2.61. The van der Waals surface area contributed by atoms with Crippen molar-refractivity contribution >= 4 is 22.7 Å². The molecule has 3 rings (SSSR count). The normalized spacial score (nSPS) is 11.8. The number of benzene rings is 1. The first kappa shape index (κ1) is 23.0. The molecular formula is C19H17F6N3O2. The Morgan fingerprint density at radius 3 is 2.17 bits per heavy atom. The first-order chi connectivity index (χ1) is 13.8. The second kappa shape index (κ2) is 8.64. The molecule has 0 radical (unpaired) electrons. The Morgan fingerprint density at radius 2 is 1.67 bits per heavy atom. The minimum atomic E-state index is -5.08. The van der Waals surface area contributed by atoms with Crippen LogP contribution in [0.3, 0.4) is 0 Å². The number of carbonyl (C=O) groups is 1. The zero-order chi connectivity index (χ0) is 22.7. The van der Waals surface area contributed by atoms with Gasteiger partial charge in [0.15, 0.2) is 0 Å². The molecule has 0 aliphatic rings. The molecule has 2 aromatic heterocycles. The van der Waals surface area contributed by atoms with Gasteiger partial charge in [-0.15, -0.1) is 0 Å². The van der Waals surface area contributed by atoms with Crippen LogP contribution in [0.2, 0.25) is 0 Å². The topological polar surface area (TPSA) is 92.0 Å². The van der Waals surface area contributed by atoms with Gasteiger partial charge in [-0.05, 0) is 49.1 Å². The van der Waals surface area contributed by atoms with E-state index in [1.54, 1.807) is 6.20 Å². The second-order valence-corrected chi connectivity index (χ2v) is 6.40. The van der Waals surface area contributed by atoms with Crippen LogP contribution >= 0.6 is 0 Å². The third-order valence-corrected chi connectivity index (χ3v) is 4.11. The van der Waals surface area contributed by atoms with Crippen LogP contribution in [-0.2, 0) is 23.8 Å². The number of nitrogens with one attached hydrogen (secondary N) is 1. The fourth-order valence-electron chi connectivity index (χ4n) is 2.61. The van der Waals surface area contributed by atoms with Gasteiger partial charge in [-0.2, -0.15) is 26.3 Å². The lowest BCUT2D eigenvalue weighted by Crippen LogP contribution is -2.21. The van der Waals surface area contributed by atoms with Gasteiger partial charge >= 0.3 is 18.3 Å². The second-order valence-electron chi connectivity index (χ2n) is 6.40. The first-order valence-corrected chi connectivity index (χ1v) is 8.48. The highest BCUT2D eigenvalue weighted by Gasteiger charge is 2.38. The molecule has 1 aromatic carbocycles. The van der Waals surface area contributed by atoms with Gasteiger partial charge in [0, 0.05) is 11.9 Å². The highest BCUT2D eigenvalue weighted by Crippen LogP contribution is 2.29. The molecule has 0 unspecified atom stereocenters. The molecule has 0 aliphatic carbocycles. The third-order valence-electron chi connectivity index (χ3n) is 4.11. The summed E-state index contributed by atoms with van der Waals surface area (Å²) in [6.07, 6.45) is -6.40. The number of nitrogen functional groups attached to an aromatic ring is 1. The van der Waals surface area contributed by atoms with Crippen molar-refractivity contribution in [3.8, 4) is 0 Å². The molecule has 3 aromatic rings. The molecule has 0 spiro atoms. The molecule has 0 atom stereocenters. The van der Waals surface area contributed by atoms with E-state index in [0.717, 1.165) is 40.0 Å². The molecule has 0 amide bonds. The number of anilines is 1. The number of pyridine rings is 1. The maximum Gasteiger partial charge on any atom is 0.490 e. The van der Waals surface area contributed by atoms with Crippen molar-refractivity contribution in [3.05, 3.63) is 58.9 Å². The number of hydrogen-bond acceptors (Lipinski definition) is 3. The van der Waals surface area contributed by atoms with Crippen LogP contribution in [0.4, 0.5) is 32.0 Å². The molecule has 5 nitrogen and oxygen atoms in total. The highest BCUT2D eigenvalue weighted by molar-refractivity contribution is 5.89. The first-order valence-electron chi connectivity index (χ1n) is 8.48. The summed E-state index contributed by atoms with van der Waals surface area (Å²) in [5.41, 5.74) is 10.3. The Morgan fingerprint density at radius 1 is 1.10 bits per heavy atom. The van der Waals surface area contributed by atoms with E-state index in [2.05, 4.69) is 9.97 Å². The number of rotatable bonds is 3. The number of H-pyrrole nitrogens is 1. The van der Waals surface area contributed by atoms with E-state index in [1.165, 1.54) is 12.1 Å². The summed E-state index contributed by atoms with van der Waals surface area (Å²) in [5.74, 6) is -2.76. The largest absolute Gasteiger partial charge is 0.490 e. The van der Waals surface area contributed by atoms with E-state index in [4.69, 9.17) is 15.6 Å². The number of carboxylic acids is 1. The molecule has 2 heterocycles. The molecule has 4 N–H and O–H groups in total. The van der Waals surface area contributed by atoms with Crippen molar-refractivity contribution in [3.63, 3.8) is 0 Å². The fraction of sp³-hybridized carbons (Fsp3) is 0.263. The van der Waals surface area contributed by atoms with Gasteiger partial charge in [-0.25, -0.2) is 9.78 Å². The Labute approximate surface area is 166 Å². The summed E-state index contributed by atoms with van der Waals surface area (Å²) < 4.78 is 69.4. The minimum Gasteiger partial charge on any atom is -0.475 e. The number of carboxylic acid groups (broad SMARTS) is 1. The quantitative estimate of drug-likeness (QED) is 0.513. The van der Waals surface area contributed by atoms with Crippen LogP contribution < -0.4 is 5.73 Å². The molecule has 11 heteroatoms. The lowest BCUT2D eigenvalue weighted by molar-refractivity contribution is -0.192. The summed E-state index contributed by atoms with van der Waals surface area (Å²) in [4.78, 5) is 16.5. The number of nitrogens with two attached hydrogens (primary N) is 1. The van der Waals surface area contributed by atoms with Crippen molar-refractivity contribution in [1.82, 2.24) is 9.97 Å². The van der Waals surface area contributed by atoms with Crippen LogP contribution in [0.15, 0.2) is 36.5 Å². The zero-order valence-corrected chi connectivity index (χ0v) is 15.5. The smallest absolute Gasteiger partial charge is 0.475 e. The van der Waals surface area contributed by atoms with Crippen molar-refractivity contribution < 1.29 is 36.2 Å². The third kappa shape index (κ3) is 5.88. The molecule has 0 saturated heterocycles. The standard InChI is InChI=1S/C17H16F3N3.C2HF3O2/c1-10-8-13(23-16-14(21)9-22-15(10)16)7-4-11-2-5-12(6-3-11)17(18,19)20;3-2(4,5)1(6)7/h2-3,5-6,8-9,22H,4,7,21H2,1H3;(H,6,7). The number of aromatic nitrogens is 2. The molecule has 0 aliphatic heterocycles. The number of fused-ring (bicyclic) bond motifs is 1. The van der Waals surface area contributed by atoms with Gasteiger partial charge in [0.1, 0.15) is 5.52 Å². The van der Waals surface area contributed by atoms with Crippen LogP contribution in [0, 0.1) is 6.92 Å². The molecule has 0 bridgehead atoms. The van der Waals surface area contributed by atoms with Gasteiger partial charge in [0.2, 0.25) is 0 Å². The lowest BCUT2D eigenvalue weighted by atomic mass is 10.0. The predicted molar refractivity (Wildman–Crippen MR) is 97.8 cm³/mol. The lowest BCUT2D eigenvalue weighted by Gasteiger charge is -2.08. The Kier molecular flexibility index (Phi) is 6.63.